The van der Waals surface area contributed by atoms with Gasteiger partial charge in [0.25, 0.3) is 0 Å². The van der Waals surface area contributed by atoms with Gasteiger partial charge in [-0.2, -0.15) is 0 Å². The molecule has 1 unspecified atom stereocenters. The van der Waals surface area contributed by atoms with Gasteiger partial charge in [0, 0.05) is 16.8 Å². The van der Waals surface area contributed by atoms with E-state index in [1.807, 2.05) is 66.7 Å². The molecule has 0 aromatic heterocycles. The quantitative estimate of drug-likeness (QED) is 0.488. The maximum Gasteiger partial charge on any atom is 0.227 e. The van der Waals surface area contributed by atoms with Crippen LogP contribution in [-0.4, -0.2) is 5.90 Å². The Morgan fingerprint density at radius 1 is 0.714 bits per heavy atom. The summed E-state index contributed by atoms with van der Waals surface area (Å²) in [7, 11) is 0. The molecule has 4 aromatic carbocycles. The number of hydrogen-bond donors (Lipinski definition) is 1. The Morgan fingerprint density at radius 2 is 1.46 bits per heavy atom. The lowest BCUT2D eigenvalue weighted by Gasteiger charge is -2.30. The highest BCUT2D eigenvalue weighted by Crippen LogP contribution is 2.49. The van der Waals surface area contributed by atoms with Crippen LogP contribution in [0.25, 0.3) is 10.8 Å². The molecule has 0 saturated heterocycles. The van der Waals surface area contributed by atoms with Crippen LogP contribution in [0, 0.1) is 0 Å². The molecule has 4 heteroatoms. The molecule has 0 bridgehead atoms. The number of anilines is 1. The van der Waals surface area contributed by atoms with E-state index in [0.29, 0.717) is 5.90 Å². The molecule has 4 nitrogen and oxygen atoms in total. The maximum atomic E-state index is 6.26. The minimum Gasteiger partial charge on any atom is -0.466 e. The van der Waals surface area contributed by atoms with Crippen molar-refractivity contribution in [2.75, 3.05) is 5.32 Å². The molecule has 0 aliphatic carbocycles. The van der Waals surface area contributed by atoms with E-state index < -0.39 is 0 Å². The fourth-order valence-corrected chi connectivity index (χ4v) is 3.83. The third-order valence-corrected chi connectivity index (χ3v) is 5.15. The average Bonchev–Trinajstić information content (AvgIpc) is 2.78. The number of nitrogens with one attached hydrogen (secondary N) is 1. The van der Waals surface area contributed by atoms with Crippen molar-refractivity contribution in [2.45, 2.75) is 6.23 Å². The number of aliphatic imine (C=N–C) groups is 1. The van der Waals surface area contributed by atoms with Crippen LogP contribution in [0.5, 0.6) is 11.5 Å². The number of nitrogens with zero attached hydrogens (tertiary/aromatic N) is 1. The van der Waals surface area contributed by atoms with Crippen LogP contribution in [0.1, 0.15) is 17.4 Å². The van der Waals surface area contributed by atoms with Gasteiger partial charge in [-0.1, -0.05) is 48.5 Å². The van der Waals surface area contributed by atoms with E-state index >= 15 is 0 Å². The molecule has 0 amide bonds. The second-order valence-corrected chi connectivity index (χ2v) is 6.88. The zero-order valence-corrected chi connectivity index (χ0v) is 14.9. The zero-order valence-electron chi connectivity index (χ0n) is 14.9. The second-order valence-electron chi connectivity index (χ2n) is 6.88. The molecule has 134 valence electrons. The predicted octanol–water partition coefficient (Wildman–Crippen LogP) is 5.81. The van der Waals surface area contributed by atoms with Crippen molar-refractivity contribution in [3.05, 3.63) is 96.1 Å². The molecular weight excluding hydrogens is 348 g/mol. The van der Waals surface area contributed by atoms with Gasteiger partial charge in [0.2, 0.25) is 5.90 Å². The van der Waals surface area contributed by atoms with Crippen molar-refractivity contribution in [3.8, 4) is 11.5 Å². The van der Waals surface area contributed by atoms with E-state index in [9.17, 15) is 0 Å². The van der Waals surface area contributed by atoms with Crippen molar-refractivity contribution >= 4 is 28.0 Å². The summed E-state index contributed by atoms with van der Waals surface area (Å²) in [5.74, 6) is 2.25. The Hall–Kier alpha value is -3.79. The second kappa shape index (κ2) is 5.86. The molecule has 6 rings (SSSR count). The van der Waals surface area contributed by atoms with Crippen LogP contribution < -0.4 is 14.8 Å². The highest BCUT2D eigenvalue weighted by molar-refractivity contribution is 6.13. The van der Waals surface area contributed by atoms with Gasteiger partial charge < -0.3 is 14.8 Å². The number of benzene rings is 4. The fourth-order valence-electron chi connectivity index (χ4n) is 3.83. The molecule has 0 saturated carbocycles. The first-order valence-electron chi connectivity index (χ1n) is 9.27. The first-order chi connectivity index (χ1) is 13.9. The molecule has 2 aliphatic heterocycles. The van der Waals surface area contributed by atoms with Crippen LogP contribution in [0.15, 0.2) is 89.9 Å². The number of hydrogen-bond acceptors (Lipinski definition) is 4. The summed E-state index contributed by atoms with van der Waals surface area (Å²) in [6, 6.07) is 28.2. The van der Waals surface area contributed by atoms with Gasteiger partial charge >= 0.3 is 0 Å². The van der Waals surface area contributed by atoms with Gasteiger partial charge in [0.05, 0.1) is 16.5 Å². The molecule has 1 N–H and O–H groups in total. The minimum absolute atomic E-state index is 0.221. The Morgan fingerprint density at radius 3 is 2.29 bits per heavy atom. The third-order valence-electron chi connectivity index (χ3n) is 5.15. The Bertz CT molecular complexity index is 1220. The Labute approximate surface area is 162 Å². The number of rotatable bonds is 2. The van der Waals surface area contributed by atoms with Gasteiger partial charge in [0.1, 0.15) is 11.5 Å². The van der Waals surface area contributed by atoms with Gasteiger partial charge in [-0.15, -0.1) is 0 Å². The molecule has 1 atom stereocenters. The average molecular weight is 364 g/mol. The van der Waals surface area contributed by atoms with Crippen molar-refractivity contribution in [1.29, 1.82) is 0 Å². The highest BCUT2D eigenvalue weighted by atomic mass is 16.5. The van der Waals surface area contributed by atoms with E-state index in [-0.39, 0.29) is 6.23 Å². The van der Waals surface area contributed by atoms with Crippen molar-refractivity contribution in [1.82, 2.24) is 0 Å². The minimum atomic E-state index is -0.221. The van der Waals surface area contributed by atoms with Gasteiger partial charge in [0.15, 0.2) is 6.23 Å². The van der Waals surface area contributed by atoms with Crippen LogP contribution in [0.4, 0.5) is 11.4 Å². The van der Waals surface area contributed by atoms with Crippen LogP contribution in [-0.2, 0) is 0 Å². The van der Waals surface area contributed by atoms with E-state index in [2.05, 4.69) is 23.5 Å². The van der Waals surface area contributed by atoms with E-state index in [0.717, 1.165) is 44.8 Å². The summed E-state index contributed by atoms with van der Waals surface area (Å²) in [5.41, 5.74) is 3.96. The molecule has 2 aliphatic rings. The van der Waals surface area contributed by atoms with E-state index in [4.69, 9.17) is 14.5 Å². The van der Waals surface area contributed by atoms with E-state index in [1.54, 1.807) is 0 Å². The van der Waals surface area contributed by atoms with Crippen molar-refractivity contribution in [3.63, 3.8) is 0 Å². The SMILES string of the molecule is c1ccc(C2=Nc3ccc4c5c(ccc(c35)O2)NC(c2ccccc2)O4)cc1. The van der Waals surface area contributed by atoms with Gasteiger partial charge in [-0.05, 0) is 36.4 Å². The summed E-state index contributed by atoms with van der Waals surface area (Å²) >= 11 is 0. The zero-order chi connectivity index (χ0) is 18.5. The van der Waals surface area contributed by atoms with Gasteiger partial charge in [-0.3, -0.25) is 0 Å². The maximum absolute atomic E-state index is 6.26. The third kappa shape index (κ3) is 2.28. The molecule has 0 fully saturated rings. The first kappa shape index (κ1) is 15.3. The monoisotopic (exact) mass is 364 g/mol. The largest absolute Gasteiger partial charge is 0.466 e. The molecule has 0 radical (unpaired) electrons. The lowest BCUT2D eigenvalue weighted by molar-refractivity contribution is 0.234. The topological polar surface area (TPSA) is 42.8 Å². The summed E-state index contributed by atoms with van der Waals surface area (Å²) in [4.78, 5) is 4.76. The summed E-state index contributed by atoms with van der Waals surface area (Å²) < 4.78 is 12.4. The lowest BCUT2D eigenvalue weighted by atomic mass is 10.0. The first-order valence-corrected chi connectivity index (χ1v) is 9.27. The van der Waals surface area contributed by atoms with Crippen LogP contribution >= 0.6 is 0 Å². The van der Waals surface area contributed by atoms with Crippen molar-refractivity contribution in [2.24, 2.45) is 4.99 Å². The normalized spacial score (nSPS) is 16.6. The van der Waals surface area contributed by atoms with Crippen molar-refractivity contribution < 1.29 is 9.47 Å². The standard InChI is InChI=1S/C24H16N2O2/c1-3-7-15(8-4-1)23-25-17-11-14-20-22-18(12-13-19(27-23)21(17)22)26-24(28-20)16-9-5-2-6-10-16/h1-14,23,25H. The summed E-state index contributed by atoms with van der Waals surface area (Å²) in [5, 5.41) is 5.49. The molecule has 2 heterocycles. The summed E-state index contributed by atoms with van der Waals surface area (Å²) in [6.07, 6.45) is -0.221. The Kier molecular flexibility index (Phi) is 3.20. The molecular formula is C24H16N2O2. The summed E-state index contributed by atoms with van der Waals surface area (Å²) in [6.45, 7) is 0. The number of ether oxygens (including phenoxy) is 2. The van der Waals surface area contributed by atoms with Gasteiger partial charge in [-0.25, -0.2) is 4.99 Å². The highest BCUT2D eigenvalue weighted by Gasteiger charge is 2.27. The molecule has 28 heavy (non-hydrogen) atoms. The fraction of sp³-hybridized carbons (Fsp3) is 0.0417. The van der Waals surface area contributed by atoms with Crippen LogP contribution in [0.3, 0.4) is 0 Å². The van der Waals surface area contributed by atoms with Crippen LogP contribution in [0.2, 0.25) is 0 Å². The predicted molar refractivity (Wildman–Crippen MR) is 111 cm³/mol. The molecule has 0 spiro atoms. The van der Waals surface area contributed by atoms with E-state index in [1.165, 1.54) is 0 Å². The Balaban J connectivity index is 1.48. The lowest BCUT2D eigenvalue weighted by Crippen LogP contribution is -2.22. The smallest absolute Gasteiger partial charge is 0.227 e. The molecule has 4 aromatic rings.